The molecule has 0 saturated heterocycles. The molecular formula is C14H22BrNO4. The van der Waals surface area contributed by atoms with Crippen LogP contribution in [0.1, 0.15) is 25.5 Å². The monoisotopic (exact) mass is 347 g/mol. The van der Waals surface area contributed by atoms with Gasteiger partial charge in [0.1, 0.15) is 0 Å². The molecule has 3 N–H and O–H groups in total. The molecule has 6 heteroatoms. The lowest BCUT2D eigenvalue weighted by molar-refractivity contribution is -0.0594. The van der Waals surface area contributed by atoms with E-state index in [1.165, 1.54) is 0 Å². The second kappa shape index (κ2) is 7.83. The highest BCUT2D eigenvalue weighted by Crippen LogP contribution is 2.37. The Morgan fingerprint density at radius 1 is 1.20 bits per heavy atom. The van der Waals surface area contributed by atoms with Crippen molar-refractivity contribution in [2.24, 2.45) is 5.73 Å². The highest BCUT2D eigenvalue weighted by molar-refractivity contribution is 9.10. The van der Waals surface area contributed by atoms with Crippen molar-refractivity contribution in [3.05, 3.63) is 22.2 Å². The third kappa shape index (κ3) is 4.09. The molecule has 114 valence electrons. The number of halogens is 1. The van der Waals surface area contributed by atoms with Gasteiger partial charge < -0.3 is 25.1 Å². The molecule has 0 aromatic heterocycles. The van der Waals surface area contributed by atoms with Crippen LogP contribution in [0.15, 0.2) is 16.6 Å². The molecule has 1 aromatic rings. The van der Waals surface area contributed by atoms with E-state index in [0.29, 0.717) is 18.0 Å². The molecule has 0 bridgehead atoms. The minimum Gasteiger partial charge on any atom is -0.493 e. The average molecular weight is 348 g/mol. The molecule has 0 radical (unpaired) electrons. The van der Waals surface area contributed by atoms with Gasteiger partial charge in [-0.25, -0.2) is 0 Å². The number of benzene rings is 1. The lowest BCUT2D eigenvalue weighted by Crippen LogP contribution is -2.28. The van der Waals surface area contributed by atoms with Crippen molar-refractivity contribution in [3.8, 4) is 11.5 Å². The summed E-state index contributed by atoms with van der Waals surface area (Å²) in [6, 6.07) is 3.64. The van der Waals surface area contributed by atoms with Crippen LogP contribution >= 0.6 is 15.9 Å². The largest absolute Gasteiger partial charge is 0.493 e. The fourth-order valence-corrected chi connectivity index (χ4v) is 2.32. The Morgan fingerprint density at radius 2 is 1.75 bits per heavy atom. The third-order valence-corrected chi connectivity index (χ3v) is 3.81. The molecule has 20 heavy (non-hydrogen) atoms. The Morgan fingerprint density at radius 3 is 2.20 bits per heavy atom. The van der Waals surface area contributed by atoms with Gasteiger partial charge in [-0.1, -0.05) is 15.9 Å². The molecule has 0 aliphatic heterocycles. The highest BCUT2D eigenvalue weighted by atomic mass is 79.9. The summed E-state index contributed by atoms with van der Waals surface area (Å²) < 4.78 is 17.1. The number of methoxy groups -OCH3 is 2. The zero-order valence-corrected chi connectivity index (χ0v) is 13.8. The lowest BCUT2D eigenvalue weighted by Gasteiger charge is -2.25. The molecule has 0 amide bonds. The number of hydrogen-bond donors (Lipinski definition) is 2. The highest BCUT2D eigenvalue weighted by Gasteiger charge is 2.21. The van der Waals surface area contributed by atoms with Crippen molar-refractivity contribution >= 4 is 15.9 Å². The zero-order chi connectivity index (χ0) is 15.3. The Balaban J connectivity index is 3.08. The molecule has 0 heterocycles. The predicted molar refractivity (Wildman–Crippen MR) is 81.3 cm³/mol. The van der Waals surface area contributed by atoms with E-state index in [2.05, 4.69) is 15.9 Å². The molecule has 3 unspecified atom stereocenters. The predicted octanol–water partition coefficient (Wildman–Crippen LogP) is 2.25. The van der Waals surface area contributed by atoms with Gasteiger partial charge in [0.2, 0.25) is 0 Å². The van der Waals surface area contributed by atoms with Crippen LogP contribution in [0.5, 0.6) is 11.5 Å². The van der Waals surface area contributed by atoms with Crippen molar-refractivity contribution in [1.29, 1.82) is 0 Å². The Labute approximate surface area is 128 Å². The van der Waals surface area contributed by atoms with Crippen molar-refractivity contribution in [3.63, 3.8) is 0 Å². The van der Waals surface area contributed by atoms with E-state index in [-0.39, 0.29) is 12.2 Å². The van der Waals surface area contributed by atoms with Gasteiger partial charge in [-0.05, 0) is 26.0 Å². The summed E-state index contributed by atoms with van der Waals surface area (Å²) in [5.74, 6) is 1.24. The molecular weight excluding hydrogens is 326 g/mol. The summed E-state index contributed by atoms with van der Waals surface area (Å²) in [4.78, 5) is 0. The van der Waals surface area contributed by atoms with Crippen LogP contribution < -0.4 is 15.2 Å². The second-order valence-corrected chi connectivity index (χ2v) is 5.39. The second-order valence-electron chi connectivity index (χ2n) is 4.53. The summed E-state index contributed by atoms with van der Waals surface area (Å²) in [5, 5.41) is 9.54. The van der Waals surface area contributed by atoms with Crippen LogP contribution in [0.25, 0.3) is 0 Å². The van der Waals surface area contributed by atoms with E-state index in [4.69, 9.17) is 19.9 Å². The minimum absolute atomic E-state index is 0.297. The zero-order valence-electron chi connectivity index (χ0n) is 12.2. The van der Waals surface area contributed by atoms with Gasteiger partial charge in [0.05, 0.1) is 32.5 Å². The number of aliphatic hydroxyl groups is 1. The van der Waals surface area contributed by atoms with Crippen LogP contribution in [0.3, 0.4) is 0 Å². The van der Waals surface area contributed by atoms with Gasteiger partial charge in [0, 0.05) is 16.6 Å². The summed E-state index contributed by atoms with van der Waals surface area (Å²) in [7, 11) is 3.16. The summed E-state index contributed by atoms with van der Waals surface area (Å²) in [6.45, 7) is 3.79. The summed E-state index contributed by atoms with van der Waals surface area (Å²) >= 11 is 3.49. The molecule has 0 aliphatic carbocycles. The quantitative estimate of drug-likeness (QED) is 0.791. The van der Waals surface area contributed by atoms with Gasteiger partial charge in [-0.2, -0.15) is 0 Å². The fourth-order valence-electron chi connectivity index (χ4n) is 1.75. The molecule has 0 aliphatic rings. The number of ether oxygens (including phenoxy) is 3. The van der Waals surface area contributed by atoms with Crippen molar-refractivity contribution in [1.82, 2.24) is 0 Å². The minimum atomic E-state index is -0.567. The maximum Gasteiger partial charge on any atom is 0.161 e. The maximum absolute atomic E-state index is 9.54. The van der Waals surface area contributed by atoms with Crippen molar-refractivity contribution in [2.45, 2.75) is 32.2 Å². The normalized spacial score (nSPS) is 15.6. The van der Waals surface area contributed by atoms with E-state index in [1.807, 2.05) is 19.1 Å². The van der Waals surface area contributed by atoms with Crippen LogP contribution in [-0.4, -0.2) is 38.1 Å². The van der Waals surface area contributed by atoms with E-state index < -0.39 is 6.10 Å². The first-order chi connectivity index (χ1) is 9.44. The van der Waals surface area contributed by atoms with Crippen molar-refractivity contribution < 1.29 is 19.3 Å². The summed E-state index contributed by atoms with van der Waals surface area (Å²) in [6.07, 6.45) is -1.22. The Bertz CT molecular complexity index is 439. The maximum atomic E-state index is 9.54. The first-order valence-corrected chi connectivity index (χ1v) is 7.18. The first kappa shape index (κ1) is 17.2. The molecule has 5 nitrogen and oxygen atoms in total. The summed E-state index contributed by atoms with van der Waals surface area (Å²) in [5.41, 5.74) is 6.64. The van der Waals surface area contributed by atoms with Gasteiger partial charge in [-0.3, -0.25) is 0 Å². The SMILES string of the molecule is COc1cc(Br)c(C(CN)OC(C)C(C)O)cc1OC. The fraction of sp³-hybridized carbons (Fsp3) is 0.571. The van der Waals surface area contributed by atoms with Crippen LogP contribution in [-0.2, 0) is 4.74 Å². The number of nitrogens with two attached hydrogens (primary N) is 1. The average Bonchev–Trinajstić information content (AvgIpc) is 2.44. The number of rotatable bonds is 7. The molecule has 0 spiro atoms. The number of aliphatic hydroxyl groups excluding tert-OH is 1. The van der Waals surface area contributed by atoms with Gasteiger partial charge in [-0.15, -0.1) is 0 Å². The van der Waals surface area contributed by atoms with Crippen LogP contribution in [0.4, 0.5) is 0 Å². The lowest BCUT2D eigenvalue weighted by atomic mass is 10.1. The smallest absolute Gasteiger partial charge is 0.161 e. The molecule has 1 rings (SSSR count). The van der Waals surface area contributed by atoms with E-state index in [0.717, 1.165) is 10.0 Å². The van der Waals surface area contributed by atoms with Gasteiger partial charge >= 0.3 is 0 Å². The first-order valence-electron chi connectivity index (χ1n) is 6.39. The molecule has 1 aromatic carbocycles. The Kier molecular flexibility index (Phi) is 6.75. The van der Waals surface area contributed by atoms with Gasteiger partial charge in [0.15, 0.2) is 11.5 Å². The third-order valence-electron chi connectivity index (χ3n) is 3.12. The molecule has 0 saturated carbocycles. The van der Waals surface area contributed by atoms with E-state index in [9.17, 15) is 5.11 Å². The molecule has 3 atom stereocenters. The number of hydrogen-bond acceptors (Lipinski definition) is 5. The van der Waals surface area contributed by atoms with Crippen molar-refractivity contribution in [2.75, 3.05) is 20.8 Å². The van der Waals surface area contributed by atoms with Crippen LogP contribution in [0.2, 0.25) is 0 Å². The topological polar surface area (TPSA) is 73.9 Å². The van der Waals surface area contributed by atoms with E-state index >= 15 is 0 Å². The van der Waals surface area contributed by atoms with E-state index in [1.54, 1.807) is 21.1 Å². The van der Waals surface area contributed by atoms with Gasteiger partial charge in [0.25, 0.3) is 0 Å². The molecule has 0 fully saturated rings. The standard InChI is InChI=1S/C14H22BrNO4/c1-8(17)9(2)20-14(7-16)10-5-12(18-3)13(19-4)6-11(10)15/h5-6,8-9,14,17H,7,16H2,1-4H3. The van der Waals surface area contributed by atoms with Crippen LogP contribution in [0, 0.1) is 0 Å². The Hall–Kier alpha value is -0.820.